The number of hydrogen-bond donors (Lipinski definition) is 1. The second kappa shape index (κ2) is 8.36. The first kappa shape index (κ1) is 17.9. The molecule has 1 unspecified atom stereocenters. The van der Waals surface area contributed by atoms with Gasteiger partial charge in [0.1, 0.15) is 0 Å². The van der Waals surface area contributed by atoms with Gasteiger partial charge in [-0.1, -0.05) is 19.1 Å². The van der Waals surface area contributed by atoms with E-state index in [-0.39, 0.29) is 6.04 Å². The number of alkyl halides is 3. The van der Waals surface area contributed by atoms with Crippen molar-refractivity contribution in [2.24, 2.45) is 0 Å². The van der Waals surface area contributed by atoms with Gasteiger partial charge in [0, 0.05) is 26.2 Å². The van der Waals surface area contributed by atoms with Crippen LogP contribution in [0.2, 0.25) is 0 Å². The molecule has 0 bridgehead atoms. The molecule has 21 heavy (non-hydrogen) atoms. The number of rotatable bonds is 8. The summed E-state index contributed by atoms with van der Waals surface area (Å²) >= 11 is 0. The van der Waals surface area contributed by atoms with E-state index in [4.69, 9.17) is 4.74 Å². The number of likely N-dealkylation sites (N-methyl/N-ethyl adjacent to an activating group) is 2. The number of methoxy groups -OCH3 is 1. The summed E-state index contributed by atoms with van der Waals surface area (Å²) < 4.78 is 43.4. The Balaban J connectivity index is 2.84. The van der Waals surface area contributed by atoms with Gasteiger partial charge in [0.05, 0.1) is 12.2 Å². The zero-order valence-corrected chi connectivity index (χ0v) is 12.7. The first-order chi connectivity index (χ1) is 9.92. The standard InChI is InChI=1S/C15H23F3N2O/c1-4-20(8-9-21-3)11-14(19-2)12-6-5-7-13(10-12)15(16,17)18/h5-7,10,14,19H,4,8-9,11H2,1-3H3. The van der Waals surface area contributed by atoms with Crippen LogP contribution in [0.3, 0.4) is 0 Å². The Morgan fingerprint density at radius 2 is 2.05 bits per heavy atom. The SMILES string of the molecule is CCN(CCOC)CC(NC)c1cccc(C(F)(F)F)c1. The molecule has 6 heteroatoms. The lowest BCUT2D eigenvalue weighted by molar-refractivity contribution is -0.137. The van der Waals surface area contributed by atoms with E-state index in [1.807, 2.05) is 6.92 Å². The molecule has 0 saturated carbocycles. The van der Waals surface area contributed by atoms with Gasteiger partial charge in [-0.25, -0.2) is 0 Å². The summed E-state index contributed by atoms with van der Waals surface area (Å²) in [5, 5.41) is 3.09. The van der Waals surface area contributed by atoms with Crippen LogP contribution < -0.4 is 5.32 Å². The second-order valence-corrected chi connectivity index (χ2v) is 4.85. The molecule has 0 spiro atoms. The smallest absolute Gasteiger partial charge is 0.383 e. The molecule has 0 aliphatic heterocycles. The van der Waals surface area contributed by atoms with Crippen molar-refractivity contribution >= 4 is 0 Å². The Labute approximate surface area is 124 Å². The fourth-order valence-electron chi connectivity index (χ4n) is 2.15. The van der Waals surface area contributed by atoms with Gasteiger partial charge in [-0.05, 0) is 31.3 Å². The van der Waals surface area contributed by atoms with Gasteiger partial charge in [0.25, 0.3) is 0 Å². The highest BCUT2D eigenvalue weighted by Crippen LogP contribution is 2.30. The van der Waals surface area contributed by atoms with E-state index in [9.17, 15) is 13.2 Å². The number of ether oxygens (including phenoxy) is 1. The first-order valence-electron chi connectivity index (χ1n) is 6.98. The average Bonchev–Trinajstić information content (AvgIpc) is 2.47. The van der Waals surface area contributed by atoms with E-state index in [0.29, 0.717) is 18.7 Å². The third-order valence-corrected chi connectivity index (χ3v) is 3.46. The lowest BCUT2D eigenvalue weighted by Gasteiger charge is -2.26. The third kappa shape index (κ3) is 5.65. The van der Waals surface area contributed by atoms with Crippen LogP contribution in [0, 0.1) is 0 Å². The minimum atomic E-state index is -4.31. The van der Waals surface area contributed by atoms with Crippen molar-refractivity contribution in [3.8, 4) is 0 Å². The second-order valence-electron chi connectivity index (χ2n) is 4.85. The summed E-state index contributed by atoms with van der Waals surface area (Å²) in [7, 11) is 3.39. The van der Waals surface area contributed by atoms with Crippen molar-refractivity contribution in [1.29, 1.82) is 0 Å². The van der Waals surface area contributed by atoms with Gasteiger partial charge in [0.2, 0.25) is 0 Å². The molecule has 0 aliphatic rings. The largest absolute Gasteiger partial charge is 0.416 e. The third-order valence-electron chi connectivity index (χ3n) is 3.46. The molecule has 1 N–H and O–H groups in total. The van der Waals surface area contributed by atoms with Crippen LogP contribution in [-0.2, 0) is 10.9 Å². The fourth-order valence-corrected chi connectivity index (χ4v) is 2.15. The topological polar surface area (TPSA) is 24.5 Å². The Kier molecular flexibility index (Phi) is 7.14. The predicted molar refractivity (Wildman–Crippen MR) is 77.2 cm³/mol. The Hall–Kier alpha value is -1.11. The number of benzene rings is 1. The molecular formula is C15H23F3N2O. The van der Waals surface area contributed by atoms with Crippen molar-refractivity contribution in [3.05, 3.63) is 35.4 Å². The van der Waals surface area contributed by atoms with Gasteiger partial charge < -0.3 is 10.1 Å². The summed E-state index contributed by atoms with van der Waals surface area (Å²) in [6.07, 6.45) is -4.31. The number of hydrogen-bond acceptors (Lipinski definition) is 3. The van der Waals surface area contributed by atoms with Crippen LogP contribution in [0.4, 0.5) is 13.2 Å². The van der Waals surface area contributed by atoms with Crippen LogP contribution in [0.5, 0.6) is 0 Å². The molecule has 1 aromatic rings. The predicted octanol–water partition coefficient (Wildman–Crippen LogP) is 2.93. The zero-order chi connectivity index (χ0) is 15.9. The average molecular weight is 304 g/mol. The van der Waals surface area contributed by atoms with Crippen LogP contribution in [-0.4, -0.2) is 45.3 Å². The maximum atomic E-state index is 12.8. The van der Waals surface area contributed by atoms with Crippen LogP contribution in [0.25, 0.3) is 0 Å². The highest BCUT2D eigenvalue weighted by Gasteiger charge is 2.31. The van der Waals surface area contributed by atoms with Crippen molar-refractivity contribution in [3.63, 3.8) is 0 Å². The summed E-state index contributed by atoms with van der Waals surface area (Å²) in [5.41, 5.74) is 0.0309. The molecule has 0 aliphatic carbocycles. The zero-order valence-electron chi connectivity index (χ0n) is 12.7. The number of nitrogens with one attached hydrogen (secondary N) is 1. The summed E-state index contributed by atoms with van der Waals surface area (Å²) in [5.74, 6) is 0. The number of halogens is 3. The number of nitrogens with zero attached hydrogens (tertiary/aromatic N) is 1. The van der Waals surface area contributed by atoms with Gasteiger partial charge in [-0.3, -0.25) is 4.90 Å². The monoisotopic (exact) mass is 304 g/mol. The Bertz CT molecular complexity index is 424. The summed E-state index contributed by atoms with van der Waals surface area (Å²) in [6.45, 7) is 4.84. The van der Waals surface area contributed by atoms with Crippen molar-refractivity contribution < 1.29 is 17.9 Å². The Morgan fingerprint density at radius 1 is 1.33 bits per heavy atom. The molecule has 0 saturated heterocycles. The molecule has 1 aromatic carbocycles. The van der Waals surface area contributed by atoms with Gasteiger partial charge in [0.15, 0.2) is 0 Å². The quantitative estimate of drug-likeness (QED) is 0.799. The van der Waals surface area contributed by atoms with Crippen molar-refractivity contribution in [2.45, 2.75) is 19.1 Å². The van der Waals surface area contributed by atoms with Gasteiger partial charge >= 0.3 is 6.18 Å². The molecule has 0 fully saturated rings. The van der Waals surface area contributed by atoms with E-state index < -0.39 is 11.7 Å². The lowest BCUT2D eigenvalue weighted by Crippen LogP contribution is -2.35. The van der Waals surface area contributed by atoms with Crippen LogP contribution >= 0.6 is 0 Å². The highest BCUT2D eigenvalue weighted by atomic mass is 19.4. The van der Waals surface area contributed by atoms with Crippen molar-refractivity contribution in [2.75, 3.05) is 40.4 Å². The normalized spacial score (nSPS) is 13.7. The van der Waals surface area contributed by atoms with Crippen molar-refractivity contribution in [1.82, 2.24) is 10.2 Å². The summed E-state index contributed by atoms with van der Waals surface area (Å²) in [6, 6.07) is 5.34. The molecule has 1 rings (SSSR count). The van der Waals surface area contributed by atoms with E-state index in [1.165, 1.54) is 12.1 Å². The minimum absolute atomic E-state index is 0.149. The molecule has 0 heterocycles. The molecule has 3 nitrogen and oxygen atoms in total. The van der Waals surface area contributed by atoms with Gasteiger partial charge in [-0.15, -0.1) is 0 Å². The first-order valence-corrected chi connectivity index (χ1v) is 6.98. The van der Waals surface area contributed by atoms with E-state index in [2.05, 4.69) is 10.2 Å². The molecule has 1 atom stereocenters. The van der Waals surface area contributed by atoms with E-state index >= 15 is 0 Å². The minimum Gasteiger partial charge on any atom is -0.383 e. The maximum Gasteiger partial charge on any atom is 0.416 e. The molecule has 0 aromatic heterocycles. The molecule has 120 valence electrons. The van der Waals surface area contributed by atoms with Crippen LogP contribution in [0.15, 0.2) is 24.3 Å². The van der Waals surface area contributed by atoms with Gasteiger partial charge in [-0.2, -0.15) is 13.2 Å². The lowest BCUT2D eigenvalue weighted by atomic mass is 10.0. The summed E-state index contributed by atoms with van der Waals surface area (Å²) in [4.78, 5) is 2.14. The van der Waals surface area contributed by atoms with E-state index in [1.54, 1.807) is 20.2 Å². The highest BCUT2D eigenvalue weighted by molar-refractivity contribution is 5.28. The van der Waals surface area contributed by atoms with Crippen LogP contribution in [0.1, 0.15) is 24.1 Å². The molecule has 0 amide bonds. The van der Waals surface area contributed by atoms with E-state index in [0.717, 1.165) is 19.2 Å². The molecule has 0 radical (unpaired) electrons. The fraction of sp³-hybridized carbons (Fsp3) is 0.600. The Morgan fingerprint density at radius 3 is 2.57 bits per heavy atom. The maximum absolute atomic E-state index is 12.8. The molecular weight excluding hydrogens is 281 g/mol.